The van der Waals surface area contributed by atoms with E-state index >= 15 is 0 Å². The molecular formula is C23H22N4O4S2. The largest absolute Gasteiger partial charge is 0.347 e. The Morgan fingerprint density at radius 3 is 2.64 bits per heavy atom. The van der Waals surface area contributed by atoms with E-state index in [0.29, 0.717) is 28.3 Å². The summed E-state index contributed by atoms with van der Waals surface area (Å²) in [5.74, 6) is 0.0532. The average molecular weight is 483 g/mol. The predicted octanol–water partition coefficient (Wildman–Crippen LogP) is 4.01. The quantitative estimate of drug-likeness (QED) is 0.427. The van der Waals surface area contributed by atoms with Gasteiger partial charge in [-0.15, -0.1) is 11.3 Å². The van der Waals surface area contributed by atoms with E-state index in [2.05, 4.69) is 15.5 Å². The van der Waals surface area contributed by atoms with Crippen molar-refractivity contribution >= 4 is 38.4 Å². The molecule has 1 aliphatic carbocycles. The molecule has 0 radical (unpaired) electrons. The highest BCUT2D eigenvalue weighted by molar-refractivity contribution is 7.91. The van der Waals surface area contributed by atoms with E-state index in [1.165, 1.54) is 18.4 Å². The Bertz CT molecular complexity index is 1440. The zero-order valence-electron chi connectivity index (χ0n) is 18.1. The fourth-order valence-electron chi connectivity index (χ4n) is 3.56. The van der Waals surface area contributed by atoms with Crippen LogP contribution < -0.4 is 5.32 Å². The molecule has 3 aromatic heterocycles. The van der Waals surface area contributed by atoms with Crippen molar-refractivity contribution in [2.75, 3.05) is 14.1 Å². The number of nitrogens with one attached hydrogen (secondary N) is 1. The molecule has 1 saturated carbocycles. The third-order valence-electron chi connectivity index (χ3n) is 5.55. The molecule has 0 aliphatic heterocycles. The smallest absolute Gasteiger partial charge is 0.259 e. The number of carbonyl (C=O) groups is 1. The van der Waals surface area contributed by atoms with Crippen LogP contribution in [0.15, 0.2) is 57.3 Å². The summed E-state index contributed by atoms with van der Waals surface area (Å²) in [5.41, 5.74) is 3.04. The molecule has 1 fully saturated rings. The van der Waals surface area contributed by atoms with Crippen LogP contribution in [0.3, 0.4) is 0 Å². The Balaban J connectivity index is 1.47. The second kappa shape index (κ2) is 8.36. The Morgan fingerprint density at radius 2 is 1.94 bits per heavy atom. The lowest BCUT2D eigenvalue weighted by Crippen LogP contribution is -2.23. The fraction of sp³-hybridized carbons (Fsp3) is 0.261. The lowest BCUT2D eigenvalue weighted by molar-refractivity contribution is 0.0952. The number of pyridine rings is 1. The number of hydrogen-bond acceptors (Lipinski definition) is 7. The topological polar surface area (TPSA) is 105 Å². The van der Waals surface area contributed by atoms with Crippen LogP contribution in [0.5, 0.6) is 0 Å². The van der Waals surface area contributed by atoms with E-state index in [1.807, 2.05) is 36.4 Å². The molecule has 10 heteroatoms. The van der Waals surface area contributed by atoms with Crippen molar-refractivity contribution in [1.82, 2.24) is 19.8 Å². The van der Waals surface area contributed by atoms with E-state index in [-0.39, 0.29) is 16.7 Å². The number of aromatic nitrogens is 2. The van der Waals surface area contributed by atoms with Gasteiger partial charge in [0.05, 0.1) is 17.5 Å². The van der Waals surface area contributed by atoms with Crippen LogP contribution in [0, 0.1) is 0 Å². The maximum absolute atomic E-state index is 13.3. The Morgan fingerprint density at radius 1 is 1.18 bits per heavy atom. The van der Waals surface area contributed by atoms with Gasteiger partial charge in [0.1, 0.15) is 9.90 Å². The Kier molecular flexibility index (Phi) is 5.51. The summed E-state index contributed by atoms with van der Waals surface area (Å²) in [6.45, 7) is 0.209. The van der Waals surface area contributed by atoms with Crippen LogP contribution in [-0.4, -0.2) is 42.9 Å². The van der Waals surface area contributed by atoms with Crippen LogP contribution in [0.1, 0.15) is 39.7 Å². The number of rotatable bonds is 7. The van der Waals surface area contributed by atoms with Crippen LogP contribution in [-0.2, 0) is 16.6 Å². The van der Waals surface area contributed by atoms with Gasteiger partial charge in [-0.05, 0) is 31.0 Å². The number of carbonyl (C=O) groups excluding carboxylic acids is 1. The monoisotopic (exact) mass is 482 g/mol. The summed E-state index contributed by atoms with van der Waals surface area (Å²) in [6.07, 6.45) is 2.08. The first-order chi connectivity index (χ1) is 15.8. The van der Waals surface area contributed by atoms with Gasteiger partial charge in [-0.3, -0.25) is 4.79 Å². The molecule has 33 heavy (non-hydrogen) atoms. The fourth-order valence-corrected chi connectivity index (χ4v) is 6.03. The zero-order chi connectivity index (χ0) is 23.2. The van der Waals surface area contributed by atoms with Gasteiger partial charge in [-0.25, -0.2) is 17.7 Å². The second-order valence-corrected chi connectivity index (χ2v) is 11.7. The molecule has 3 heterocycles. The van der Waals surface area contributed by atoms with Crippen molar-refractivity contribution in [3.8, 4) is 11.3 Å². The molecule has 4 aromatic rings. The third kappa shape index (κ3) is 4.17. The first-order valence-corrected chi connectivity index (χ1v) is 12.8. The first kappa shape index (κ1) is 21.7. The molecule has 0 atom stereocenters. The third-order valence-corrected chi connectivity index (χ3v) is 8.92. The normalized spacial score (nSPS) is 14.2. The van der Waals surface area contributed by atoms with E-state index in [0.717, 1.165) is 40.3 Å². The molecule has 0 saturated heterocycles. The van der Waals surface area contributed by atoms with Gasteiger partial charge in [0.15, 0.2) is 0 Å². The number of nitrogens with zero attached hydrogens (tertiary/aromatic N) is 3. The molecule has 170 valence electrons. The van der Waals surface area contributed by atoms with Crippen molar-refractivity contribution in [3.05, 3.63) is 64.7 Å². The summed E-state index contributed by atoms with van der Waals surface area (Å²) >= 11 is 1.14. The molecule has 1 amide bonds. The van der Waals surface area contributed by atoms with Gasteiger partial charge in [0, 0.05) is 36.1 Å². The van der Waals surface area contributed by atoms with Gasteiger partial charge >= 0.3 is 0 Å². The average Bonchev–Trinajstić information content (AvgIpc) is 3.39. The van der Waals surface area contributed by atoms with Crippen LogP contribution >= 0.6 is 11.3 Å². The SMILES string of the molecule is CN(C)S(=O)(=O)c1ccc(CNC(=O)c2cc(C3CC3)nc3onc(-c4ccccc4)c23)s1. The highest BCUT2D eigenvalue weighted by Crippen LogP contribution is 2.41. The van der Waals surface area contributed by atoms with E-state index in [9.17, 15) is 13.2 Å². The van der Waals surface area contributed by atoms with Crippen LogP contribution in [0.2, 0.25) is 0 Å². The van der Waals surface area contributed by atoms with E-state index in [4.69, 9.17) is 4.52 Å². The molecule has 1 N–H and O–H groups in total. The number of benzene rings is 1. The number of sulfonamides is 1. The second-order valence-electron chi connectivity index (χ2n) is 8.14. The van der Waals surface area contributed by atoms with E-state index < -0.39 is 10.0 Å². The molecule has 0 unspecified atom stereocenters. The Labute approximate surface area is 195 Å². The summed E-state index contributed by atoms with van der Waals surface area (Å²) in [7, 11) is -0.518. The number of hydrogen-bond donors (Lipinski definition) is 1. The molecule has 0 spiro atoms. The predicted molar refractivity (Wildman–Crippen MR) is 126 cm³/mol. The molecule has 1 aliphatic rings. The van der Waals surface area contributed by atoms with E-state index in [1.54, 1.807) is 12.1 Å². The minimum atomic E-state index is -3.50. The van der Waals surface area contributed by atoms with Gasteiger partial charge < -0.3 is 9.84 Å². The van der Waals surface area contributed by atoms with Crippen molar-refractivity contribution in [3.63, 3.8) is 0 Å². The first-order valence-electron chi connectivity index (χ1n) is 10.5. The van der Waals surface area contributed by atoms with Gasteiger partial charge in [-0.1, -0.05) is 35.5 Å². The maximum atomic E-state index is 13.3. The molecule has 8 nitrogen and oxygen atoms in total. The van der Waals surface area contributed by atoms with Crippen LogP contribution in [0.25, 0.3) is 22.4 Å². The van der Waals surface area contributed by atoms with Crippen molar-refractivity contribution in [2.24, 2.45) is 0 Å². The Hall–Kier alpha value is -3.08. The zero-order valence-corrected chi connectivity index (χ0v) is 19.7. The highest BCUT2D eigenvalue weighted by atomic mass is 32.2. The minimum absolute atomic E-state index is 0.209. The molecule has 0 bridgehead atoms. The van der Waals surface area contributed by atoms with Crippen LogP contribution in [0.4, 0.5) is 0 Å². The highest BCUT2D eigenvalue weighted by Gasteiger charge is 2.29. The summed E-state index contributed by atoms with van der Waals surface area (Å²) in [4.78, 5) is 18.6. The summed E-state index contributed by atoms with van der Waals surface area (Å²) in [5, 5.41) is 7.70. The minimum Gasteiger partial charge on any atom is -0.347 e. The lowest BCUT2D eigenvalue weighted by atomic mass is 10.0. The van der Waals surface area contributed by atoms with Crippen molar-refractivity contribution in [1.29, 1.82) is 0 Å². The standard InChI is InChI=1S/C23H22N4O4S2/c1-27(2)33(29,30)19-11-10-16(32-19)13-24-22(28)17-12-18(14-8-9-14)25-23-20(17)21(26-31-23)15-6-4-3-5-7-15/h3-7,10-12,14H,8-9,13H2,1-2H3,(H,24,28). The summed E-state index contributed by atoms with van der Waals surface area (Å²) in [6, 6.07) is 14.6. The van der Waals surface area contributed by atoms with Crippen molar-refractivity contribution < 1.29 is 17.7 Å². The van der Waals surface area contributed by atoms with Gasteiger partial charge in [0.2, 0.25) is 0 Å². The van der Waals surface area contributed by atoms with Crippen molar-refractivity contribution in [2.45, 2.75) is 29.5 Å². The maximum Gasteiger partial charge on any atom is 0.259 e. The van der Waals surface area contributed by atoms with Gasteiger partial charge in [-0.2, -0.15) is 0 Å². The molecular weight excluding hydrogens is 460 g/mol. The number of thiophene rings is 1. The lowest BCUT2D eigenvalue weighted by Gasteiger charge is -2.09. The molecule has 1 aromatic carbocycles. The number of amides is 1. The van der Waals surface area contributed by atoms with Gasteiger partial charge in [0.25, 0.3) is 21.6 Å². The number of fused-ring (bicyclic) bond motifs is 1. The molecule has 5 rings (SSSR count). The summed E-state index contributed by atoms with van der Waals surface area (Å²) < 4.78 is 31.6.